The highest BCUT2D eigenvalue weighted by molar-refractivity contribution is 5.87. The molecule has 0 nitrogen and oxygen atoms in total. The van der Waals surface area contributed by atoms with E-state index >= 15 is 0 Å². The standard InChI is InChI=1S/C31H38/c1-3-5-7-9-24-10-13-26(14-11-24)27-16-18-28(19-17-27)30-21-20-29-22-25(8-6-4-2)12-15-31(29)23-30/h4,12,15-24,26H,2-3,5-11,13-14H2,1H3. The Hall–Kier alpha value is -2.34. The molecular formula is C31H38. The second kappa shape index (κ2) is 10.8. The summed E-state index contributed by atoms with van der Waals surface area (Å²) in [5.41, 5.74) is 5.58. The fourth-order valence-corrected chi connectivity index (χ4v) is 5.31. The van der Waals surface area contributed by atoms with Gasteiger partial charge in [0.15, 0.2) is 0 Å². The van der Waals surface area contributed by atoms with Crippen LogP contribution < -0.4 is 0 Å². The number of unbranched alkanes of at least 4 members (excludes halogenated alkanes) is 2. The monoisotopic (exact) mass is 410 g/mol. The summed E-state index contributed by atoms with van der Waals surface area (Å²) in [6, 6.07) is 23.2. The van der Waals surface area contributed by atoms with E-state index in [-0.39, 0.29) is 0 Å². The minimum absolute atomic E-state index is 0.766. The minimum atomic E-state index is 0.766. The predicted molar refractivity (Wildman–Crippen MR) is 137 cm³/mol. The number of hydrogen-bond acceptors (Lipinski definition) is 0. The van der Waals surface area contributed by atoms with Gasteiger partial charge in [-0.15, -0.1) is 6.58 Å². The van der Waals surface area contributed by atoms with Gasteiger partial charge in [0.1, 0.15) is 0 Å². The van der Waals surface area contributed by atoms with E-state index < -0.39 is 0 Å². The lowest BCUT2D eigenvalue weighted by Crippen LogP contribution is -2.13. The molecule has 1 aliphatic rings. The largest absolute Gasteiger partial charge is 0.103 e. The summed E-state index contributed by atoms with van der Waals surface area (Å²) in [6.45, 7) is 6.14. The number of aryl methyl sites for hydroxylation is 1. The first-order valence-electron chi connectivity index (χ1n) is 12.5. The zero-order valence-corrected chi connectivity index (χ0v) is 19.3. The number of allylic oxidation sites excluding steroid dienone is 1. The first-order chi connectivity index (χ1) is 15.3. The minimum Gasteiger partial charge on any atom is -0.103 e. The van der Waals surface area contributed by atoms with Crippen LogP contribution in [-0.4, -0.2) is 0 Å². The van der Waals surface area contributed by atoms with Gasteiger partial charge in [0, 0.05) is 0 Å². The molecule has 1 aliphatic carbocycles. The molecular weight excluding hydrogens is 372 g/mol. The Morgan fingerprint density at radius 2 is 1.52 bits per heavy atom. The molecule has 31 heavy (non-hydrogen) atoms. The molecule has 0 amide bonds. The van der Waals surface area contributed by atoms with E-state index in [1.165, 1.54) is 78.8 Å². The SMILES string of the molecule is C=CCCc1ccc2cc(-c3ccc(C4CCC(CCCCC)CC4)cc3)ccc2c1. The van der Waals surface area contributed by atoms with Gasteiger partial charge in [-0.25, -0.2) is 0 Å². The molecule has 3 aromatic carbocycles. The second-order valence-electron chi connectivity index (χ2n) is 9.56. The van der Waals surface area contributed by atoms with E-state index in [0.29, 0.717) is 0 Å². The van der Waals surface area contributed by atoms with Crippen LogP contribution >= 0.6 is 0 Å². The van der Waals surface area contributed by atoms with Gasteiger partial charge in [0.05, 0.1) is 0 Å². The average Bonchev–Trinajstić information content (AvgIpc) is 2.83. The molecule has 0 spiro atoms. The van der Waals surface area contributed by atoms with Crippen LogP contribution in [0.25, 0.3) is 21.9 Å². The Morgan fingerprint density at radius 3 is 2.26 bits per heavy atom. The van der Waals surface area contributed by atoms with Crippen molar-refractivity contribution in [3.8, 4) is 11.1 Å². The van der Waals surface area contributed by atoms with Crippen LogP contribution in [0.2, 0.25) is 0 Å². The van der Waals surface area contributed by atoms with Crippen LogP contribution in [0.15, 0.2) is 73.3 Å². The van der Waals surface area contributed by atoms with Crippen molar-refractivity contribution in [2.75, 3.05) is 0 Å². The van der Waals surface area contributed by atoms with Crippen LogP contribution in [0, 0.1) is 5.92 Å². The summed E-state index contributed by atoms with van der Waals surface area (Å²) in [5.74, 6) is 1.75. The molecule has 0 bridgehead atoms. The van der Waals surface area contributed by atoms with Crippen LogP contribution in [0.3, 0.4) is 0 Å². The smallest absolute Gasteiger partial charge is 0.0162 e. The molecule has 0 heteroatoms. The number of fused-ring (bicyclic) bond motifs is 1. The van der Waals surface area contributed by atoms with Gasteiger partial charge in [-0.05, 0) is 89.5 Å². The summed E-state index contributed by atoms with van der Waals surface area (Å²) in [7, 11) is 0. The van der Waals surface area contributed by atoms with Crippen molar-refractivity contribution in [2.24, 2.45) is 5.92 Å². The maximum Gasteiger partial charge on any atom is -0.0162 e. The Bertz CT molecular complexity index is 971. The third-order valence-electron chi connectivity index (χ3n) is 7.32. The molecule has 0 atom stereocenters. The van der Waals surface area contributed by atoms with Crippen molar-refractivity contribution in [3.63, 3.8) is 0 Å². The molecule has 0 radical (unpaired) electrons. The fourth-order valence-electron chi connectivity index (χ4n) is 5.31. The van der Waals surface area contributed by atoms with E-state index in [4.69, 9.17) is 0 Å². The summed E-state index contributed by atoms with van der Waals surface area (Å²) in [4.78, 5) is 0. The molecule has 0 unspecified atom stereocenters. The van der Waals surface area contributed by atoms with E-state index in [1.807, 2.05) is 6.08 Å². The third kappa shape index (κ3) is 5.67. The number of benzene rings is 3. The lowest BCUT2D eigenvalue weighted by Gasteiger charge is -2.29. The van der Waals surface area contributed by atoms with Crippen molar-refractivity contribution < 1.29 is 0 Å². The van der Waals surface area contributed by atoms with Crippen molar-refractivity contribution in [1.29, 1.82) is 0 Å². The van der Waals surface area contributed by atoms with Gasteiger partial charge in [0.2, 0.25) is 0 Å². The Morgan fingerprint density at radius 1 is 0.806 bits per heavy atom. The molecule has 3 aromatic rings. The van der Waals surface area contributed by atoms with Crippen LogP contribution in [-0.2, 0) is 6.42 Å². The highest BCUT2D eigenvalue weighted by Crippen LogP contribution is 2.38. The highest BCUT2D eigenvalue weighted by atomic mass is 14.3. The van der Waals surface area contributed by atoms with Gasteiger partial charge < -0.3 is 0 Å². The zero-order valence-electron chi connectivity index (χ0n) is 19.3. The summed E-state index contributed by atoms with van der Waals surface area (Å²) in [6.07, 6.45) is 15.4. The maximum atomic E-state index is 3.84. The highest BCUT2D eigenvalue weighted by Gasteiger charge is 2.22. The maximum absolute atomic E-state index is 3.84. The first-order valence-corrected chi connectivity index (χ1v) is 12.5. The quantitative estimate of drug-likeness (QED) is 0.243. The van der Waals surface area contributed by atoms with Crippen molar-refractivity contribution in [1.82, 2.24) is 0 Å². The average molecular weight is 411 g/mol. The normalized spacial score (nSPS) is 18.9. The third-order valence-corrected chi connectivity index (χ3v) is 7.32. The molecule has 1 fully saturated rings. The van der Waals surface area contributed by atoms with Crippen LogP contribution in [0.1, 0.15) is 81.8 Å². The molecule has 0 N–H and O–H groups in total. The Kier molecular flexibility index (Phi) is 7.62. The van der Waals surface area contributed by atoms with Gasteiger partial charge in [-0.1, -0.05) is 93.3 Å². The lowest BCUT2D eigenvalue weighted by atomic mass is 9.77. The van der Waals surface area contributed by atoms with Crippen molar-refractivity contribution >= 4 is 10.8 Å². The topological polar surface area (TPSA) is 0 Å². The van der Waals surface area contributed by atoms with Crippen LogP contribution in [0.4, 0.5) is 0 Å². The zero-order chi connectivity index (χ0) is 21.5. The Balaban J connectivity index is 1.40. The fraction of sp³-hybridized carbons (Fsp3) is 0.419. The van der Waals surface area contributed by atoms with Gasteiger partial charge >= 0.3 is 0 Å². The molecule has 0 aliphatic heterocycles. The molecule has 4 rings (SSSR count). The van der Waals surface area contributed by atoms with Crippen LogP contribution in [0.5, 0.6) is 0 Å². The van der Waals surface area contributed by atoms with Crippen molar-refractivity contribution in [2.45, 2.75) is 77.0 Å². The van der Waals surface area contributed by atoms with Gasteiger partial charge in [-0.2, -0.15) is 0 Å². The Labute approximate surface area is 189 Å². The number of rotatable bonds is 9. The molecule has 0 saturated heterocycles. The molecule has 1 saturated carbocycles. The van der Waals surface area contributed by atoms with Crippen molar-refractivity contribution in [3.05, 3.63) is 84.4 Å². The molecule has 162 valence electrons. The summed E-state index contributed by atoms with van der Waals surface area (Å²) < 4.78 is 0. The summed E-state index contributed by atoms with van der Waals surface area (Å²) in [5, 5.41) is 2.66. The van der Waals surface area contributed by atoms with E-state index in [0.717, 1.165) is 24.7 Å². The van der Waals surface area contributed by atoms with E-state index in [2.05, 4.69) is 74.2 Å². The lowest BCUT2D eigenvalue weighted by molar-refractivity contribution is 0.303. The predicted octanol–water partition coefficient (Wildman–Crippen LogP) is 9.48. The van der Waals surface area contributed by atoms with Gasteiger partial charge in [0.25, 0.3) is 0 Å². The molecule has 0 aromatic heterocycles. The van der Waals surface area contributed by atoms with E-state index in [9.17, 15) is 0 Å². The summed E-state index contributed by atoms with van der Waals surface area (Å²) >= 11 is 0. The second-order valence-corrected chi connectivity index (χ2v) is 9.56. The first kappa shape index (κ1) is 21.9. The van der Waals surface area contributed by atoms with E-state index in [1.54, 1.807) is 5.56 Å². The van der Waals surface area contributed by atoms with Gasteiger partial charge in [-0.3, -0.25) is 0 Å². The molecule has 0 heterocycles. The number of hydrogen-bond donors (Lipinski definition) is 0.